The minimum Gasteiger partial charge on any atom is -0.299 e. The highest BCUT2D eigenvalue weighted by Gasteiger charge is 2.35. The van der Waals surface area contributed by atoms with Crippen molar-refractivity contribution in [3.8, 4) is 0 Å². The number of carbonyl (C=O) groups excluding carboxylic acids is 2. The van der Waals surface area contributed by atoms with Gasteiger partial charge in [-0.25, -0.2) is 0 Å². The third-order valence-electron chi connectivity index (χ3n) is 6.59. The Bertz CT molecular complexity index is 1110. The van der Waals surface area contributed by atoms with Crippen molar-refractivity contribution in [2.24, 2.45) is 0 Å². The summed E-state index contributed by atoms with van der Waals surface area (Å²) in [6.45, 7) is 4.71. The van der Waals surface area contributed by atoms with Crippen molar-refractivity contribution in [1.82, 2.24) is 14.7 Å². The number of amides is 2. The lowest BCUT2D eigenvalue weighted by molar-refractivity contribution is 0.0603. The second kappa shape index (κ2) is 9.48. The monoisotopic (exact) mass is 459 g/mol. The number of hydrogen-bond acceptors (Lipinski definition) is 4. The van der Waals surface area contributed by atoms with Gasteiger partial charge in [-0.2, -0.15) is 0 Å². The zero-order valence-electron chi connectivity index (χ0n) is 18.4. The minimum atomic E-state index is -0.180. The molecule has 0 bridgehead atoms. The van der Waals surface area contributed by atoms with E-state index in [4.69, 9.17) is 11.6 Å². The third-order valence-corrected chi connectivity index (χ3v) is 6.84. The molecule has 5 rings (SSSR count). The summed E-state index contributed by atoms with van der Waals surface area (Å²) < 4.78 is 0. The van der Waals surface area contributed by atoms with E-state index in [1.807, 2.05) is 18.2 Å². The number of benzene rings is 3. The molecule has 3 aromatic carbocycles. The first-order valence-electron chi connectivity index (χ1n) is 11.3. The van der Waals surface area contributed by atoms with Crippen LogP contribution in [0.15, 0.2) is 78.9 Å². The number of hydrogen-bond donors (Lipinski definition) is 0. The highest BCUT2D eigenvalue weighted by molar-refractivity contribution is 6.30. The molecule has 0 radical (unpaired) electrons. The van der Waals surface area contributed by atoms with Crippen molar-refractivity contribution in [2.75, 3.05) is 39.3 Å². The van der Waals surface area contributed by atoms with E-state index in [9.17, 15) is 9.59 Å². The quantitative estimate of drug-likeness (QED) is 0.514. The molecule has 6 heteroatoms. The lowest BCUT2D eigenvalue weighted by Crippen LogP contribution is -2.50. The van der Waals surface area contributed by atoms with Crippen LogP contribution in [0.1, 0.15) is 37.9 Å². The molecule has 0 saturated carbocycles. The molecule has 3 aromatic rings. The van der Waals surface area contributed by atoms with E-state index in [1.165, 1.54) is 16.0 Å². The van der Waals surface area contributed by atoms with Gasteiger partial charge in [-0.1, -0.05) is 66.2 Å². The molecule has 33 heavy (non-hydrogen) atoms. The molecule has 2 heterocycles. The van der Waals surface area contributed by atoms with E-state index in [0.717, 1.165) is 31.2 Å². The summed E-state index contributed by atoms with van der Waals surface area (Å²) in [5, 5.41) is 0.739. The highest BCUT2D eigenvalue weighted by Crippen LogP contribution is 2.30. The summed E-state index contributed by atoms with van der Waals surface area (Å²) in [5.74, 6) is -0.359. The Kier molecular flexibility index (Phi) is 6.27. The van der Waals surface area contributed by atoms with E-state index in [-0.39, 0.29) is 17.9 Å². The van der Waals surface area contributed by atoms with Gasteiger partial charge in [0, 0.05) is 44.3 Å². The Morgan fingerprint density at radius 3 is 1.82 bits per heavy atom. The summed E-state index contributed by atoms with van der Waals surface area (Å²) in [4.78, 5) is 31.5. The van der Waals surface area contributed by atoms with Crippen molar-refractivity contribution < 1.29 is 9.59 Å². The second-order valence-corrected chi connectivity index (χ2v) is 8.99. The smallest absolute Gasteiger partial charge is 0.261 e. The van der Waals surface area contributed by atoms with Crippen molar-refractivity contribution in [3.05, 3.63) is 106 Å². The van der Waals surface area contributed by atoms with Gasteiger partial charge in [0.15, 0.2) is 0 Å². The number of nitrogens with zero attached hydrogens (tertiary/aromatic N) is 3. The fourth-order valence-electron chi connectivity index (χ4n) is 4.82. The lowest BCUT2D eigenvalue weighted by atomic mass is 9.96. The summed E-state index contributed by atoms with van der Waals surface area (Å²) in [7, 11) is 0. The summed E-state index contributed by atoms with van der Waals surface area (Å²) >= 11 is 6.13. The van der Waals surface area contributed by atoms with Gasteiger partial charge in [-0.3, -0.25) is 24.3 Å². The largest absolute Gasteiger partial charge is 0.299 e. The van der Waals surface area contributed by atoms with E-state index in [1.54, 1.807) is 24.3 Å². The number of halogens is 1. The molecule has 2 aliphatic rings. The van der Waals surface area contributed by atoms with E-state index < -0.39 is 0 Å². The highest BCUT2D eigenvalue weighted by atomic mass is 35.5. The number of rotatable bonds is 6. The topological polar surface area (TPSA) is 43.9 Å². The maximum atomic E-state index is 12.6. The molecule has 0 N–H and O–H groups in total. The first-order chi connectivity index (χ1) is 16.1. The van der Waals surface area contributed by atoms with Gasteiger partial charge in [0.25, 0.3) is 11.8 Å². The van der Waals surface area contributed by atoms with Crippen LogP contribution in [0.4, 0.5) is 0 Å². The molecule has 0 aliphatic carbocycles. The SMILES string of the molecule is O=C1c2ccccc2C(=O)N1CCN1CCN(C(c2ccccc2)c2ccc(Cl)cc2)CC1. The molecule has 0 spiro atoms. The Hall–Kier alpha value is -2.99. The Labute approximate surface area is 199 Å². The van der Waals surface area contributed by atoms with E-state index >= 15 is 0 Å². The van der Waals surface area contributed by atoms with Crippen LogP contribution in [0.25, 0.3) is 0 Å². The molecule has 1 saturated heterocycles. The molecule has 168 valence electrons. The molecule has 1 atom stereocenters. The Morgan fingerprint density at radius 2 is 1.21 bits per heavy atom. The van der Waals surface area contributed by atoms with Gasteiger partial charge in [0.05, 0.1) is 17.2 Å². The van der Waals surface area contributed by atoms with Gasteiger partial charge in [0.1, 0.15) is 0 Å². The van der Waals surface area contributed by atoms with Gasteiger partial charge in [-0.15, -0.1) is 0 Å². The molecule has 0 aromatic heterocycles. The number of fused-ring (bicyclic) bond motifs is 1. The average molecular weight is 460 g/mol. The first kappa shape index (κ1) is 21.8. The van der Waals surface area contributed by atoms with Crippen LogP contribution in [0.5, 0.6) is 0 Å². The van der Waals surface area contributed by atoms with Crippen LogP contribution in [-0.4, -0.2) is 65.8 Å². The average Bonchev–Trinajstić information content (AvgIpc) is 3.10. The third kappa shape index (κ3) is 4.44. The van der Waals surface area contributed by atoms with Crippen LogP contribution in [0.2, 0.25) is 5.02 Å². The first-order valence-corrected chi connectivity index (χ1v) is 11.7. The molecule has 1 fully saturated rings. The van der Waals surface area contributed by atoms with Crippen molar-refractivity contribution in [3.63, 3.8) is 0 Å². The predicted octanol–water partition coefficient (Wildman–Crippen LogP) is 4.34. The molecular weight excluding hydrogens is 434 g/mol. The molecular formula is C27H26ClN3O2. The van der Waals surface area contributed by atoms with Gasteiger partial charge in [-0.05, 0) is 35.4 Å². The summed E-state index contributed by atoms with van der Waals surface area (Å²) in [6, 6.07) is 25.9. The van der Waals surface area contributed by atoms with Crippen molar-refractivity contribution in [2.45, 2.75) is 6.04 Å². The van der Waals surface area contributed by atoms with E-state index in [0.29, 0.717) is 24.2 Å². The number of imide groups is 1. The lowest BCUT2D eigenvalue weighted by Gasteiger charge is -2.40. The van der Waals surface area contributed by atoms with Gasteiger partial charge >= 0.3 is 0 Å². The standard InChI is InChI=1S/C27H26ClN3O2/c28-22-12-10-21(11-13-22)25(20-6-2-1-3-7-20)30-17-14-29(15-18-30)16-19-31-26(32)23-8-4-5-9-24(23)27(31)33/h1-13,25H,14-19H2. The summed E-state index contributed by atoms with van der Waals surface area (Å²) in [6.07, 6.45) is 0. The van der Waals surface area contributed by atoms with Crippen LogP contribution in [-0.2, 0) is 0 Å². The van der Waals surface area contributed by atoms with E-state index in [2.05, 4.69) is 46.2 Å². The Balaban J connectivity index is 1.23. The summed E-state index contributed by atoms with van der Waals surface area (Å²) in [5.41, 5.74) is 3.52. The van der Waals surface area contributed by atoms with Crippen LogP contribution >= 0.6 is 11.6 Å². The van der Waals surface area contributed by atoms with Gasteiger partial charge in [0.2, 0.25) is 0 Å². The maximum absolute atomic E-state index is 12.6. The van der Waals surface area contributed by atoms with Crippen molar-refractivity contribution in [1.29, 1.82) is 0 Å². The van der Waals surface area contributed by atoms with Crippen LogP contribution in [0, 0.1) is 0 Å². The molecule has 2 amide bonds. The Morgan fingerprint density at radius 1 is 0.667 bits per heavy atom. The molecule has 5 nitrogen and oxygen atoms in total. The second-order valence-electron chi connectivity index (χ2n) is 8.55. The molecule has 1 unspecified atom stereocenters. The van der Waals surface area contributed by atoms with Crippen LogP contribution in [0.3, 0.4) is 0 Å². The van der Waals surface area contributed by atoms with Crippen molar-refractivity contribution >= 4 is 23.4 Å². The maximum Gasteiger partial charge on any atom is 0.261 e. The fourth-order valence-corrected chi connectivity index (χ4v) is 4.95. The van der Waals surface area contributed by atoms with Crippen LogP contribution < -0.4 is 0 Å². The normalized spacial score (nSPS) is 17.9. The number of carbonyl (C=O) groups is 2. The molecule has 2 aliphatic heterocycles. The van der Waals surface area contributed by atoms with Gasteiger partial charge < -0.3 is 0 Å². The zero-order valence-corrected chi connectivity index (χ0v) is 19.1. The minimum absolute atomic E-state index is 0.168. The zero-order chi connectivity index (χ0) is 22.8. The predicted molar refractivity (Wildman–Crippen MR) is 130 cm³/mol. The fraction of sp³-hybridized carbons (Fsp3) is 0.259. The number of piperazine rings is 1.